The summed E-state index contributed by atoms with van der Waals surface area (Å²) in [5.74, 6) is 0. The highest BCUT2D eigenvalue weighted by Crippen LogP contribution is 2.22. The number of aromatic nitrogens is 3. The van der Waals surface area contributed by atoms with Crippen LogP contribution < -0.4 is 0 Å². The normalized spacial score (nSPS) is 18.6. The molecular weight excluding hydrogens is 318 g/mol. The number of amides is 1. The van der Waals surface area contributed by atoms with Gasteiger partial charge in [-0.1, -0.05) is 0 Å². The minimum absolute atomic E-state index is 0.264. The Hall–Kier alpha value is -2.15. The fraction of sp³-hybridized carbons (Fsp3) is 0.611. The second-order valence-corrected chi connectivity index (χ2v) is 7.68. The van der Waals surface area contributed by atoms with Gasteiger partial charge in [0, 0.05) is 38.6 Å². The van der Waals surface area contributed by atoms with Crippen LogP contribution in [-0.4, -0.2) is 62.0 Å². The first-order valence-electron chi connectivity index (χ1n) is 8.77. The van der Waals surface area contributed by atoms with E-state index in [1.807, 2.05) is 40.2 Å². The van der Waals surface area contributed by atoms with Crippen molar-refractivity contribution >= 4 is 11.7 Å². The Kier molecular flexibility index (Phi) is 4.94. The molecule has 1 fully saturated rings. The number of likely N-dealkylation sites (tertiary alicyclic amines) is 1. The lowest BCUT2D eigenvalue weighted by Crippen LogP contribution is -2.43. The smallest absolute Gasteiger partial charge is 0.410 e. The zero-order valence-corrected chi connectivity index (χ0v) is 15.5. The zero-order valence-electron chi connectivity index (χ0n) is 15.5. The summed E-state index contributed by atoms with van der Waals surface area (Å²) in [4.78, 5) is 24.8. The third-order valence-electron chi connectivity index (χ3n) is 4.45. The van der Waals surface area contributed by atoms with E-state index < -0.39 is 5.60 Å². The Morgan fingerprint density at radius 2 is 2.20 bits per heavy atom. The summed E-state index contributed by atoms with van der Waals surface area (Å²) >= 11 is 0. The Labute approximate surface area is 148 Å². The van der Waals surface area contributed by atoms with Crippen molar-refractivity contribution < 1.29 is 9.53 Å². The van der Waals surface area contributed by atoms with E-state index in [0.717, 1.165) is 37.3 Å². The first-order valence-corrected chi connectivity index (χ1v) is 8.77. The lowest BCUT2D eigenvalue weighted by Gasteiger charge is -2.30. The SMILES string of the molecule is CN(C[C@@H]1CCCN1Cc1cnc2cnccn12)C(=O)OC(C)(C)C. The number of likely N-dealkylation sites (N-methyl/N-ethyl adjacent to an activating group) is 1. The molecule has 0 N–H and O–H groups in total. The monoisotopic (exact) mass is 345 g/mol. The molecule has 0 bridgehead atoms. The average molecular weight is 345 g/mol. The molecule has 1 aliphatic heterocycles. The largest absolute Gasteiger partial charge is 0.444 e. The molecule has 136 valence electrons. The van der Waals surface area contributed by atoms with Gasteiger partial charge >= 0.3 is 6.09 Å². The third kappa shape index (κ3) is 4.28. The van der Waals surface area contributed by atoms with Crippen LogP contribution in [0.3, 0.4) is 0 Å². The summed E-state index contributed by atoms with van der Waals surface area (Å²) in [6, 6.07) is 0.338. The summed E-state index contributed by atoms with van der Waals surface area (Å²) in [5, 5.41) is 0. The van der Waals surface area contributed by atoms with Crippen LogP contribution in [0.15, 0.2) is 24.8 Å². The number of fused-ring (bicyclic) bond motifs is 1. The van der Waals surface area contributed by atoms with Gasteiger partial charge in [-0.3, -0.25) is 14.3 Å². The van der Waals surface area contributed by atoms with Crippen LogP contribution in [0.25, 0.3) is 5.65 Å². The number of imidazole rings is 1. The van der Waals surface area contributed by atoms with Crippen LogP contribution in [0.4, 0.5) is 4.79 Å². The quantitative estimate of drug-likeness (QED) is 0.852. The molecule has 1 atom stereocenters. The van der Waals surface area contributed by atoms with E-state index >= 15 is 0 Å². The Morgan fingerprint density at radius 1 is 1.40 bits per heavy atom. The average Bonchev–Trinajstić information content (AvgIpc) is 3.14. The maximum atomic E-state index is 12.2. The van der Waals surface area contributed by atoms with E-state index in [2.05, 4.69) is 19.3 Å². The molecule has 0 aromatic carbocycles. The molecule has 0 unspecified atom stereocenters. The van der Waals surface area contributed by atoms with Crippen molar-refractivity contribution in [3.8, 4) is 0 Å². The minimum atomic E-state index is -0.467. The molecule has 2 aromatic heterocycles. The summed E-state index contributed by atoms with van der Waals surface area (Å²) < 4.78 is 7.53. The molecule has 1 saturated heterocycles. The molecule has 0 radical (unpaired) electrons. The molecule has 0 spiro atoms. The van der Waals surface area contributed by atoms with Crippen molar-refractivity contribution in [1.29, 1.82) is 0 Å². The van der Waals surface area contributed by atoms with Gasteiger partial charge in [-0.2, -0.15) is 0 Å². The van der Waals surface area contributed by atoms with E-state index in [0.29, 0.717) is 12.6 Å². The zero-order chi connectivity index (χ0) is 18.0. The summed E-state index contributed by atoms with van der Waals surface area (Å²) in [7, 11) is 1.81. The summed E-state index contributed by atoms with van der Waals surface area (Å²) in [6.07, 6.45) is 9.35. The van der Waals surface area contributed by atoms with Crippen molar-refractivity contribution in [2.75, 3.05) is 20.1 Å². The van der Waals surface area contributed by atoms with Crippen LogP contribution in [0.1, 0.15) is 39.3 Å². The van der Waals surface area contributed by atoms with Gasteiger partial charge in [0.2, 0.25) is 0 Å². The number of rotatable bonds is 4. The molecule has 2 aromatic rings. The highest BCUT2D eigenvalue weighted by Gasteiger charge is 2.29. The number of ether oxygens (including phenoxy) is 1. The lowest BCUT2D eigenvalue weighted by molar-refractivity contribution is 0.0256. The summed E-state index contributed by atoms with van der Waals surface area (Å²) in [6.45, 7) is 8.19. The van der Waals surface area contributed by atoms with Crippen LogP contribution in [0, 0.1) is 0 Å². The predicted octanol–water partition coefficient (Wildman–Crippen LogP) is 2.56. The van der Waals surface area contributed by atoms with Gasteiger partial charge in [-0.25, -0.2) is 9.78 Å². The van der Waals surface area contributed by atoms with Gasteiger partial charge in [-0.15, -0.1) is 0 Å². The van der Waals surface area contributed by atoms with Gasteiger partial charge in [0.05, 0.1) is 18.1 Å². The fourth-order valence-electron chi connectivity index (χ4n) is 3.26. The van der Waals surface area contributed by atoms with Gasteiger partial charge in [0.25, 0.3) is 0 Å². The molecule has 0 aliphatic carbocycles. The van der Waals surface area contributed by atoms with Crippen molar-refractivity contribution in [2.24, 2.45) is 0 Å². The van der Waals surface area contributed by atoms with Gasteiger partial charge in [0.15, 0.2) is 5.65 Å². The van der Waals surface area contributed by atoms with E-state index in [1.165, 1.54) is 0 Å². The van der Waals surface area contributed by atoms with Crippen molar-refractivity contribution in [3.63, 3.8) is 0 Å². The first kappa shape index (κ1) is 17.7. The van der Waals surface area contributed by atoms with Gasteiger partial charge in [0.1, 0.15) is 5.60 Å². The van der Waals surface area contributed by atoms with Crippen LogP contribution in [-0.2, 0) is 11.3 Å². The fourth-order valence-corrected chi connectivity index (χ4v) is 3.26. The van der Waals surface area contributed by atoms with Crippen LogP contribution in [0.5, 0.6) is 0 Å². The maximum absolute atomic E-state index is 12.2. The molecule has 1 amide bonds. The second kappa shape index (κ2) is 7.00. The van der Waals surface area contributed by atoms with Crippen LogP contribution in [0.2, 0.25) is 0 Å². The Morgan fingerprint density at radius 3 is 2.96 bits per heavy atom. The van der Waals surface area contributed by atoms with E-state index in [9.17, 15) is 4.79 Å². The van der Waals surface area contributed by atoms with E-state index in [1.54, 1.807) is 17.3 Å². The van der Waals surface area contributed by atoms with Crippen molar-refractivity contribution in [2.45, 2.75) is 51.8 Å². The van der Waals surface area contributed by atoms with Gasteiger partial charge in [-0.05, 0) is 40.2 Å². The number of hydrogen-bond donors (Lipinski definition) is 0. The molecule has 3 rings (SSSR count). The van der Waals surface area contributed by atoms with E-state index in [4.69, 9.17) is 4.74 Å². The lowest BCUT2D eigenvalue weighted by atomic mass is 10.2. The number of hydrogen-bond acceptors (Lipinski definition) is 5. The van der Waals surface area contributed by atoms with Crippen molar-refractivity contribution in [3.05, 3.63) is 30.5 Å². The number of nitrogens with zero attached hydrogens (tertiary/aromatic N) is 5. The topological polar surface area (TPSA) is 63.0 Å². The summed E-state index contributed by atoms with van der Waals surface area (Å²) in [5.41, 5.74) is 1.54. The number of carbonyl (C=O) groups is 1. The first-order chi connectivity index (χ1) is 11.8. The highest BCUT2D eigenvalue weighted by molar-refractivity contribution is 5.67. The van der Waals surface area contributed by atoms with Crippen molar-refractivity contribution in [1.82, 2.24) is 24.2 Å². The molecule has 3 heterocycles. The highest BCUT2D eigenvalue weighted by atomic mass is 16.6. The Balaban J connectivity index is 1.63. The number of carbonyl (C=O) groups excluding carboxylic acids is 1. The minimum Gasteiger partial charge on any atom is -0.444 e. The van der Waals surface area contributed by atoms with E-state index in [-0.39, 0.29) is 6.09 Å². The molecule has 7 nitrogen and oxygen atoms in total. The predicted molar refractivity (Wildman–Crippen MR) is 95.3 cm³/mol. The molecule has 7 heteroatoms. The molecular formula is C18H27N5O2. The van der Waals surface area contributed by atoms with Crippen LogP contribution >= 0.6 is 0 Å². The third-order valence-corrected chi connectivity index (χ3v) is 4.45. The maximum Gasteiger partial charge on any atom is 0.410 e. The molecule has 1 aliphatic rings. The Bertz CT molecular complexity index is 736. The second-order valence-electron chi connectivity index (χ2n) is 7.68. The standard InChI is InChI=1S/C18H27N5O2/c1-18(2,3)25-17(24)21(4)12-14-6-5-8-22(14)13-15-10-20-16-11-19-7-9-23(15)16/h7,9-11,14H,5-6,8,12-13H2,1-4H3/t14-/m0/s1. The van der Waals surface area contributed by atoms with Gasteiger partial charge < -0.3 is 9.64 Å². The molecule has 25 heavy (non-hydrogen) atoms. The molecule has 0 saturated carbocycles.